The van der Waals surface area contributed by atoms with Crippen LogP contribution in [0.1, 0.15) is 41.5 Å². The van der Waals surface area contributed by atoms with E-state index in [0.717, 1.165) is 0 Å². The monoisotopic (exact) mass is 214 g/mol. The Bertz CT molecular complexity index is 206. The molecule has 3 heteroatoms. The maximum Gasteiger partial charge on any atom is 0.236 e. The van der Waals surface area contributed by atoms with Crippen LogP contribution in [0.25, 0.3) is 0 Å². The van der Waals surface area contributed by atoms with Crippen LogP contribution in [0.5, 0.6) is 0 Å². The molecule has 0 bridgehead atoms. The highest BCUT2D eigenvalue weighted by Crippen LogP contribution is 2.18. The fourth-order valence-corrected chi connectivity index (χ4v) is 0.959. The third kappa shape index (κ3) is 5.17. The fraction of sp³-hybridized carbons (Fsp3) is 0.917. The Hall–Kier alpha value is -0.570. The number of nitrogens with zero attached hydrogens (tertiary/aromatic N) is 1. The van der Waals surface area contributed by atoms with Crippen LogP contribution in [-0.2, 0) is 4.79 Å². The average molecular weight is 214 g/mol. The first kappa shape index (κ1) is 14.4. The van der Waals surface area contributed by atoms with Crippen LogP contribution in [0.3, 0.4) is 0 Å². The number of likely N-dealkylation sites (N-methyl/N-ethyl adjacent to an activating group) is 1. The summed E-state index contributed by atoms with van der Waals surface area (Å²) in [5.74, 6) is 0.154. The lowest BCUT2D eigenvalue weighted by Crippen LogP contribution is -2.45. The molecule has 0 aliphatic carbocycles. The van der Waals surface area contributed by atoms with Gasteiger partial charge in [0.15, 0.2) is 0 Å². The Morgan fingerprint density at radius 1 is 1.27 bits per heavy atom. The van der Waals surface area contributed by atoms with Crippen LogP contribution < -0.4 is 5.32 Å². The highest BCUT2D eigenvalue weighted by Gasteiger charge is 2.21. The highest BCUT2D eigenvalue weighted by molar-refractivity contribution is 5.78. The van der Waals surface area contributed by atoms with Gasteiger partial charge in [0.1, 0.15) is 0 Å². The minimum Gasteiger partial charge on any atom is -0.342 e. The molecule has 0 aromatic rings. The number of hydrogen-bond acceptors (Lipinski definition) is 2. The Kier molecular flexibility index (Phi) is 5.29. The summed E-state index contributed by atoms with van der Waals surface area (Å²) in [6, 6.07) is 0.603. The number of carbonyl (C=O) groups is 1. The zero-order valence-electron chi connectivity index (χ0n) is 11.2. The molecule has 0 saturated carbocycles. The molecule has 0 radical (unpaired) electrons. The SMILES string of the molecule is CC(C)N(C)C(=O)CNC(C)C(C)(C)C. The fourth-order valence-electron chi connectivity index (χ4n) is 0.959. The molecule has 0 aliphatic rings. The van der Waals surface area contributed by atoms with Crippen molar-refractivity contribution in [2.75, 3.05) is 13.6 Å². The number of hydrogen-bond donors (Lipinski definition) is 1. The lowest BCUT2D eigenvalue weighted by molar-refractivity contribution is -0.130. The molecule has 0 aromatic heterocycles. The molecule has 3 nitrogen and oxygen atoms in total. The summed E-state index contributed by atoms with van der Waals surface area (Å²) in [5, 5.41) is 3.27. The van der Waals surface area contributed by atoms with Gasteiger partial charge in [0.2, 0.25) is 5.91 Å². The van der Waals surface area contributed by atoms with Crippen LogP contribution in [-0.4, -0.2) is 36.5 Å². The predicted octanol–water partition coefficient (Wildman–Crippen LogP) is 1.88. The first-order valence-corrected chi connectivity index (χ1v) is 5.65. The zero-order chi connectivity index (χ0) is 12.2. The van der Waals surface area contributed by atoms with Gasteiger partial charge in [0, 0.05) is 19.1 Å². The van der Waals surface area contributed by atoms with Gasteiger partial charge >= 0.3 is 0 Å². The van der Waals surface area contributed by atoms with Crippen molar-refractivity contribution in [2.24, 2.45) is 5.41 Å². The third-order valence-corrected chi connectivity index (χ3v) is 3.03. The van der Waals surface area contributed by atoms with Gasteiger partial charge in [-0.25, -0.2) is 0 Å². The van der Waals surface area contributed by atoms with Crippen molar-refractivity contribution in [3.8, 4) is 0 Å². The van der Waals surface area contributed by atoms with E-state index in [1.807, 2.05) is 20.9 Å². The van der Waals surface area contributed by atoms with E-state index in [4.69, 9.17) is 0 Å². The van der Waals surface area contributed by atoms with Gasteiger partial charge in [0.05, 0.1) is 6.54 Å². The molecule has 90 valence electrons. The van der Waals surface area contributed by atoms with Crippen LogP contribution in [0.2, 0.25) is 0 Å². The third-order valence-electron chi connectivity index (χ3n) is 3.03. The summed E-state index contributed by atoms with van der Waals surface area (Å²) in [7, 11) is 1.84. The Morgan fingerprint density at radius 2 is 1.73 bits per heavy atom. The number of amides is 1. The Labute approximate surface area is 94.2 Å². The first-order chi connectivity index (χ1) is 6.66. The molecule has 1 atom stereocenters. The van der Waals surface area contributed by atoms with E-state index in [2.05, 4.69) is 33.0 Å². The normalized spacial score (nSPS) is 14.1. The second kappa shape index (κ2) is 5.50. The van der Waals surface area contributed by atoms with E-state index in [1.165, 1.54) is 0 Å². The van der Waals surface area contributed by atoms with Gasteiger partial charge in [0.25, 0.3) is 0 Å². The van der Waals surface area contributed by atoms with Gasteiger partial charge in [-0.05, 0) is 26.2 Å². The number of carbonyl (C=O) groups excluding carboxylic acids is 1. The van der Waals surface area contributed by atoms with Crippen molar-refractivity contribution in [3.05, 3.63) is 0 Å². The van der Waals surface area contributed by atoms with Gasteiger partial charge in [-0.3, -0.25) is 4.79 Å². The van der Waals surface area contributed by atoms with Gasteiger partial charge in [-0.1, -0.05) is 20.8 Å². The van der Waals surface area contributed by atoms with Crippen LogP contribution in [0, 0.1) is 5.41 Å². The molecule has 1 amide bonds. The molecule has 0 spiro atoms. The smallest absolute Gasteiger partial charge is 0.236 e. The van der Waals surface area contributed by atoms with E-state index in [0.29, 0.717) is 12.6 Å². The largest absolute Gasteiger partial charge is 0.342 e. The van der Waals surface area contributed by atoms with Crippen LogP contribution in [0.4, 0.5) is 0 Å². The lowest BCUT2D eigenvalue weighted by atomic mass is 9.88. The molecule has 0 aromatic carbocycles. The van der Waals surface area contributed by atoms with Crippen molar-refractivity contribution in [3.63, 3.8) is 0 Å². The second-order valence-corrected chi connectivity index (χ2v) is 5.57. The summed E-state index contributed by atoms with van der Waals surface area (Å²) in [5.41, 5.74) is 0.191. The first-order valence-electron chi connectivity index (χ1n) is 5.65. The topological polar surface area (TPSA) is 32.3 Å². The lowest BCUT2D eigenvalue weighted by Gasteiger charge is -2.29. The van der Waals surface area contributed by atoms with Crippen LogP contribution >= 0.6 is 0 Å². The van der Waals surface area contributed by atoms with Crippen molar-refractivity contribution in [1.82, 2.24) is 10.2 Å². The molecule has 15 heavy (non-hydrogen) atoms. The summed E-state index contributed by atoms with van der Waals surface area (Å²) in [6.45, 7) is 13.1. The highest BCUT2D eigenvalue weighted by atomic mass is 16.2. The van der Waals surface area contributed by atoms with Crippen molar-refractivity contribution in [1.29, 1.82) is 0 Å². The van der Waals surface area contributed by atoms with Gasteiger partial charge < -0.3 is 10.2 Å². The standard InChI is InChI=1S/C12H26N2O/c1-9(2)14(7)11(15)8-13-10(3)12(4,5)6/h9-10,13H,8H2,1-7H3. The number of nitrogens with one attached hydrogen (secondary N) is 1. The minimum absolute atomic E-state index is 0.154. The molecular weight excluding hydrogens is 188 g/mol. The summed E-state index contributed by atoms with van der Waals surface area (Å²) in [6.07, 6.45) is 0. The maximum absolute atomic E-state index is 11.7. The average Bonchev–Trinajstić information content (AvgIpc) is 2.10. The zero-order valence-corrected chi connectivity index (χ0v) is 11.2. The van der Waals surface area contributed by atoms with Gasteiger partial charge in [-0.15, -0.1) is 0 Å². The quantitative estimate of drug-likeness (QED) is 0.775. The molecule has 0 aliphatic heterocycles. The van der Waals surface area contributed by atoms with Crippen molar-refractivity contribution in [2.45, 2.75) is 53.6 Å². The second-order valence-electron chi connectivity index (χ2n) is 5.57. The summed E-state index contributed by atoms with van der Waals surface area (Å²) in [4.78, 5) is 13.4. The molecule has 0 saturated heterocycles. The number of rotatable bonds is 4. The molecular formula is C12H26N2O. The van der Waals surface area contributed by atoms with Crippen LogP contribution in [0.15, 0.2) is 0 Å². The van der Waals surface area contributed by atoms with E-state index < -0.39 is 0 Å². The predicted molar refractivity (Wildman–Crippen MR) is 64.8 cm³/mol. The van der Waals surface area contributed by atoms with E-state index in [-0.39, 0.29) is 17.4 Å². The van der Waals surface area contributed by atoms with E-state index in [9.17, 15) is 4.79 Å². The van der Waals surface area contributed by atoms with Crippen molar-refractivity contribution < 1.29 is 4.79 Å². The van der Waals surface area contributed by atoms with E-state index in [1.54, 1.807) is 4.90 Å². The maximum atomic E-state index is 11.7. The molecule has 1 N–H and O–H groups in total. The minimum atomic E-state index is 0.154. The molecule has 0 rings (SSSR count). The summed E-state index contributed by atoms with van der Waals surface area (Å²) >= 11 is 0. The summed E-state index contributed by atoms with van der Waals surface area (Å²) < 4.78 is 0. The van der Waals surface area contributed by atoms with E-state index >= 15 is 0 Å². The Balaban J connectivity index is 4.02. The molecule has 0 fully saturated rings. The Morgan fingerprint density at radius 3 is 2.07 bits per heavy atom. The van der Waals surface area contributed by atoms with Gasteiger partial charge in [-0.2, -0.15) is 0 Å². The molecule has 1 unspecified atom stereocenters. The van der Waals surface area contributed by atoms with Crippen molar-refractivity contribution >= 4 is 5.91 Å². The molecule has 0 heterocycles.